The Labute approximate surface area is 109 Å². The number of hydrogen-bond acceptors (Lipinski definition) is 3. The summed E-state index contributed by atoms with van der Waals surface area (Å²) in [6.45, 7) is 10.8. The lowest BCUT2D eigenvalue weighted by Crippen LogP contribution is -2.37. The molecule has 0 saturated heterocycles. The number of hydrogen-bond donors (Lipinski definition) is 0. The van der Waals surface area contributed by atoms with Crippen LogP contribution in [0.1, 0.15) is 11.6 Å². The quantitative estimate of drug-likeness (QED) is 0.776. The Morgan fingerprint density at radius 3 is 1.72 bits per heavy atom. The number of benzene rings is 1. The SMILES string of the molecule is Cc1nc(C)nc(-c2ccc([Si](C)(C)C)cc2)n1. The molecule has 1 aromatic carbocycles. The van der Waals surface area contributed by atoms with E-state index in [1.54, 1.807) is 0 Å². The van der Waals surface area contributed by atoms with Crippen LogP contribution >= 0.6 is 0 Å². The Morgan fingerprint density at radius 1 is 0.778 bits per heavy atom. The molecule has 0 aliphatic carbocycles. The minimum Gasteiger partial charge on any atom is -0.219 e. The third-order valence-corrected chi connectivity index (χ3v) is 4.93. The molecule has 2 aromatic rings. The Bertz CT molecular complexity index is 536. The molecule has 0 spiro atoms. The summed E-state index contributed by atoms with van der Waals surface area (Å²) in [6, 6.07) is 8.63. The first-order valence-electron chi connectivity index (χ1n) is 6.16. The molecular weight excluding hydrogens is 238 g/mol. The maximum absolute atomic E-state index is 4.39. The van der Waals surface area contributed by atoms with Crippen LogP contribution in [-0.4, -0.2) is 23.0 Å². The zero-order chi connectivity index (χ0) is 13.3. The van der Waals surface area contributed by atoms with Gasteiger partial charge >= 0.3 is 0 Å². The lowest BCUT2D eigenvalue weighted by Gasteiger charge is -2.16. The predicted octanol–water partition coefficient (Wildman–Crippen LogP) is 2.70. The van der Waals surface area contributed by atoms with Crippen LogP contribution in [0.3, 0.4) is 0 Å². The highest BCUT2D eigenvalue weighted by molar-refractivity contribution is 6.88. The fraction of sp³-hybridized carbons (Fsp3) is 0.357. The maximum Gasteiger partial charge on any atom is 0.163 e. The molecule has 0 atom stereocenters. The molecule has 0 fully saturated rings. The monoisotopic (exact) mass is 257 g/mol. The maximum atomic E-state index is 4.39. The summed E-state index contributed by atoms with van der Waals surface area (Å²) in [5.41, 5.74) is 1.06. The standard InChI is InChI=1S/C14H19N3Si/c1-10-15-11(2)17-14(16-10)12-6-8-13(9-7-12)18(3,4)5/h6-9H,1-5H3. The summed E-state index contributed by atoms with van der Waals surface area (Å²) >= 11 is 0. The van der Waals surface area contributed by atoms with E-state index < -0.39 is 8.07 Å². The second-order valence-corrected chi connectivity index (χ2v) is 10.7. The minimum atomic E-state index is -1.23. The van der Waals surface area contributed by atoms with Gasteiger partial charge in [0, 0.05) is 5.56 Å². The van der Waals surface area contributed by atoms with Crippen LogP contribution in [0.25, 0.3) is 11.4 Å². The minimum absolute atomic E-state index is 0.766. The number of aryl methyl sites for hydroxylation is 2. The van der Waals surface area contributed by atoms with Crippen molar-refractivity contribution in [1.82, 2.24) is 15.0 Å². The molecule has 94 valence electrons. The zero-order valence-corrected chi connectivity index (χ0v) is 12.7. The molecular formula is C14H19N3Si. The van der Waals surface area contributed by atoms with E-state index in [-0.39, 0.29) is 0 Å². The van der Waals surface area contributed by atoms with Gasteiger partial charge in [-0.1, -0.05) is 49.1 Å². The van der Waals surface area contributed by atoms with Crippen molar-refractivity contribution in [2.75, 3.05) is 0 Å². The summed E-state index contributed by atoms with van der Waals surface area (Å²) < 4.78 is 0. The molecule has 18 heavy (non-hydrogen) atoms. The Balaban J connectivity index is 2.40. The van der Waals surface area contributed by atoms with E-state index in [2.05, 4.69) is 58.9 Å². The van der Waals surface area contributed by atoms with E-state index in [0.29, 0.717) is 0 Å². The van der Waals surface area contributed by atoms with E-state index in [0.717, 1.165) is 23.0 Å². The zero-order valence-electron chi connectivity index (χ0n) is 11.7. The van der Waals surface area contributed by atoms with Crippen LogP contribution < -0.4 is 5.19 Å². The summed E-state index contributed by atoms with van der Waals surface area (Å²) in [5.74, 6) is 2.31. The summed E-state index contributed by atoms with van der Waals surface area (Å²) in [7, 11) is -1.23. The van der Waals surface area contributed by atoms with E-state index in [9.17, 15) is 0 Å². The van der Waals surface area contributed by atoms with E-state index in [1.807, 2.05) is 13.8 Å². The van der Waals surface area contributed by atoms with Gasteiger partial charge in [0.15, 0.2) is 5.82 Å². The van der Waals surface area contributed by atoms with Crippen molar-refractivity contribution in [2.24, 2.45) is 0 Å². The highest BCUT2D eigenvalue weighted by Crippen LogP contribution is 2.14. The first-order valence-corrected chi connectivity index (χ1v) is 9.66. The molecule has 3 nitrogen and oxygen atoms in total. The van der Waals surface area contributed by atoms with Gasteiger partial charge < -0.3 is 0 Å². The van der Waals surface area contributed by atoms with Gasteiger partial charge in [0.1, 0.15) is 11.6 Å². The lowest BCUT2D eigenvalue weighted by molar-refractivity contribution is 0.928. The van der Waals surface area contributed by atoms with Gasteiger partial charge in [0.25, 0.3) is 0 Å². The molecule has 0 aliphatic rings. The van der Waals surface area contributed by atoms with Crippen LogP contribution in [0, 0.1) is 13.8 Å². The van der Waals surface area contributed by atoms with Gasteiger partial charge in [-0.15, -0.1) is 0 Å². The lowest BCUT2D eigenvalue weighted by atomic mass is 10.2. The number of aromatic nitrogens is 3. The van der Waals surface area contributed by atoms with Gasteiger partial charge in [0.05, 0.1) is 8.07 Å². The van der Waals surface area contributed by atoms with Crippen molar-refractivity contribution < 1.29 is 0 Å². The van der Waals surface area contributed by atoms with Crippen molar-refractivity contribution in [2.45, 2.75) is 33.5 Å². The predicted molar refractivity (Wildman–Crippen MR) is 77.7 cm³/mol. The van der Waals surface area contributed by atoms with E-state index >= 15 is 0 Å². The van der Waals surface area contributed by atoms with Crippen molar-refractivity contribution in [3.8, 4) is 11.4 Å². The van der Waals surface area contributed by atoms with Crippen molar-refractivity contribution >= 4 is 13.3 Å². The molecule has 0 saturated carbocycles. The second kappa shape index (κ2) is 4.61. The van der Waals surface area contributed by atoms with E-state index in [4.69, 9.17) is 0 Å². The van der Waals surface area contributed by atoms with Gasteiger partial charge in [-0.05, 0) is 13.8 Å². The molecule has 0 unspecified atom stereocenters. The summed E-state index contributed by atoms with van der Waals surface area (Å²) in [4.78, 5) is 13.0. The van der Waals surface area contributed by atoms with Gasteiger partial charge in [-0.3, -0.25) is 0 Å². The molecule has 2 rings (SSSR count). The first kappa shape index (κ1) is 12.9. The fourth-order valence-electron chi connectivity index (χ4n) is 1.86. The Morgan fingerprint density at radius 2 is 1.28 bits per heavy atom. The normalized spacial score (nSPS) is 11.6. The molecule has 1 aromatic heterocycles. The molecule has 0 radical (unpaired) electrons. The van der Waals surface area contributed by atoms with Crippen molar-refractivity contribution in [1.29, 1.82) is 0 Å². The smallest absolute Gasteiger partial charge is 0.163 e. The molecule has 0 amide bonds. The van der Waals surface area contributed by atoms with Crippen LogP contribution in [0.4, 0.5) is 0 Å². The van der Waals surface area contributed by atoms with Gasteiger partial charge in [-0.25, -0.2) is 15.0 Å². The largest absolute Gasteiger partial charge is 0.219 e. The average molecular weight is 257 g/mol. The third-order valence-electron chi connectivity index (χ3n) is 2.87. The van der Waals surface area contributed by atoms with Crippen LogP contribution in [-0.2, 0) is 0 Å². The summed E-state index contributed by atoms with van der Waals surface area (Å²) in [6.07, 6.45) is 0. The van der Waals surface area contributed by atoms with Crippen molar-refractivity contribution in [3.63, 3.8) is 0 Å². The first-order chi connectivity index (χ1) is 8.36. The molecule has 0 bridgehead atoms. The molecule has 1 heterocycles. The third kappa shape index (κ3) is 2.82. The Kier molecular flexibility index (Phi) is 3.30. The van der Waals surface area contributed by atoms with Crippen LogP contribution in [0.5, 0.6) is 0 Å². The van der Waals surface area contributed by atoms with Crippen LogP contribution in [0.2, 0.25) is 19.6 Å². The fourth-order valence-corrected chi connectivity index (χ4v) is 3.03. The highest BCUT2D eigenvalue weighted by atomic mass is 28.3. The number of rotatable bonds is 2. The molecule has 0 N–H and O–H groups in total. The number of nitrogens with zero attached hydrogens (tertiary/aromatic N) is 3. The second-order valence-electron chi connectivity index (χ2n) is 5.58. The van der Waals surface area contributed by atoms with E-state index in [1.165, 1.54) is 5.19 Å². The Hall–Kier alpha value is -1.55. The molecule has 0 aliphatic heterocycles. The summed E-state index contributed by atoms with van der Waals surface area (Å²) in [5, 5.41) is 1.45. The highest BCUT2D eigenvalue weighted by Gasteiger charge is 2.16. The van der Waals surface area contributed by atoms with Crippen molar-refractivity contribution in [3.05, 3.63) is 35.9 Å². The van der Waals surface area contributed by atoms with Crippen LogP contribution in [0.15, 0.2) is 24.3 Å². The molecule has 4 heteroatoms. The van der Waals surface area contributed by atoms with Gasteiger partial charge in [-0.2, -0.15) is 0 Å². The average Bonchev–Trinajstić information content (AvgIpc) is 2.27. The topological polar surface area (TPSA) is 38.7 Å². The van der Waals surface area contributed by atoms with Gasteiger partial charge in [0.2, 0.25) is 0 Å².